The van der Waals surface area contributed by atoms with Crippen molar-refractivity contribution in [3.63, 3.8) is 0 Å². The topological polar surface area (TPSA) is 4.93 Å². The average Bonchev–Trinajstić information content (AvgIpc) is 3.80. The van der Waals surface area contributed by atoms with E-state index in [1.807, 2.05) is 11.3 Å². The molecule has 9 aromatic carbocycles. The van der Waals surface area contributed by atoms with Crippen molar-refractivity contribution in [1.29, 1.82) is 0 Å². The Hall–Kier alpha value is -6.48. The van der Waals surface area contributed by atoms with Crippen molar-refractivity contribution in [2.24, 2.45) is 0 Å². The minimum Gasteiger partial charge on any atom is -0.309 e. The first kappa shape index (κ1) is 36.6. The van der Waals surface area contributed by atoms with Crippen LogP contribution in [0.4, 0.5) is 0 Å². The molecule has 0 aliphatic heterocycles. The van der Waals surface area contributed by atoms with Gasteiger partial charge in [-0.3, -0.25) is 0 Å². The molecule has 0 aliphatic carbocycles. The van der Waals surface area contributed by atoms with Crippen LogP contribution in [0.1, 0.15) is 52.7 Å². The maximum absolute atomic E-state index is 2.46. The largest absolute Gasteiger partial charge is 0.309 e. The van der Waals surface area contributed by atoms with E-state index in [-0.39, 0.29) is 10.8 Å². The second-order valence-corrected chi connectivity index (χ2v) is 19.6. The summed E-state index contributed by atoms with van der Waals surface area (Å²) < 4.78 is 5.15. The molecule has 0 atom stereocenters. The van der Waals surface area contributed by atoms with Gasteiger partial charge in [0.2, 0.25) is 0 Å². The maximum Gasteiger partial charge on any atom is 0.0541 e. The van der Waals surface area contributed by atoms with Gasteiger partial charge in [-0.25, -0.2) is 0 Å². The number of aromatic nitrogens is 1. The van der Waals surface area contributed by atoms with Crippen molar-refractivity contribution >= 4 is 74.9 Å². The SMILES string of the molecule is CC(C)(C)c1ccc2sc3c(-c4ccc5c(c4)c4ccccc4n5-c4ccc(-c5c6ccccc6c(-c6ccccc6)c6ccccc56)cc4)cc(C(C)(C)C)cc3c2c1. The average molecular weight is 790 g/mol. The molecule has 60 heavy (non-hydrogen) atoms. The maximum atomic E-state index is 2.46. The van der Waals surface area contributed by atoms with E-state index in [0.29, 0.717) is 0 Å². The minimum absolute atomic E-state index is 0.00757. The molecule has 0 saturated heterocycles. The van der Waals surface area contributed by atoms with E-state index in [1.54, 1.807) is 0 Å². The first-order chi connectivity index (χ1) is 29.0. The van der Waals surface area contributed by atoms with E-state index in [0.717, 1.165) is 5.69 Å². The van der Waals surface area contributed by atoms with Crippen LogP contribution in [-0.4, -0.2) is 4.57 Å². The third kappa shape index (κ3) is 5.80. The number of hydrogen-bond donors (Lipinski definition) is 0. The highest BCUT2D eigenvalue weighted by molar-refractivity contribution is 7.26. The molecule has 0 unspecified atom stereocenters. The van der Waals surface area contributed by atoms with Crippen LogP contribution in [0, 0.1) is 0 Å². The smallest absolute Gasteiger partial charge is 0.0541 e. The lowest BCUT2D eigenvalue weighted by atomic mass is 9.83. The summed E-state index contributed by atoms with van der Waals surface area (Å²) in [6, 6.07) is 66.0. The lowest BCUT2D eigenvalue weighted by Gasteiger charge is -2.21. The van der Waals surface area contributed by atoms with E-state index in [9.17, 15) is 0 Å². The second-order valence-electron chi connectivity index (χ2n) is 18.6. The number of rotatable bonds is 4. The Bertz CT molecular complexity index is 3420. The zero-order chi connectivity index (χ0) is 40.9. The van der Waals surface area contributed by atoms with Gasteiger partial charge in [0.1, 0.15) is 0 Å². The van der Waals surface area contributed by atoms with Crippen LogP contribution in [0.15, 0.2) is 176 Å². The number of para-hydroxylation sites is 1. The monoisotopic (exact) mass is 789 g/mol. The van der Waals surface area contributed by atoms with Gasteiger partial charge in [0.15, 0.2) is 0 Å². The van der Waals surface area contributed by atoms with Crippen molar-refractivity contribution < 1.29 is 0 Å². The second kappa shape index (κ2) is 13.5. The Morgan fingerprint density at radius 3 is 1.50 bits per heavy atom. The van der Waals surface area contributed by atoms with Crippen molar-refractivity contribution in [3.8, 4) is 39.1 Å². The van der Waals surface area contributed by atoms with Crippen LogP contribution in [0.2, 0.25) is 0 Å². The fourth-order valence-electron chi connectivity index (χ4n) is 9.54. The molecule has 11 rings (SSSR count). The fraction of sp³-hybridized carbons (Fsp3) is 0.138. The predicted molar refractivity (Wildman–Crippen MR) is 262 cm³/mol. The molecule has 2 heterocycles. The van der Waals surface area contributed by atoms with Gasteiger partial charge in [0.05, 0.1) is 11.0 Å². The Morgan fingerprint density at radius 1 is 0.367 bits per heavy atom. The summed E-state index contributed by atoms with van der Waals surface area (Å²) in [6.07, 6.45) is 0. The van der Waals surface area contributed by atoms with Crippen molar-refractivity contribution in [2.45, 2.75) is 52.4 Å². The van der Waals surface area contributed by atoms with Gasteiger partial charge < -0.3 is 4.57 Å². The molecule has 0 amide bonds. The lowest BCUT2D eigenvalue weighted by Crippen LogP contribution is -2.11. The van der Waals surface area contributed by atoms with Crippen molar-refractivity contribution in [3.05, 3.63) is 187 Å². The highest BCUT2D eigenvalue weighted by Crippen LogP contribution is 2.47. The summed E-state index contributed by atoms with van der Waals surface area (Å²) in [5.41, 5.74) is 14.0. The van der Waals surface area contributed by atoms with E-state index in [1.165, 1.54) is 108 Å². The van der Waals surface area contributed by atoms with Crippen LogP contribution in [0.3, 0.4) is 0 Å². The summed E-state index contributed by atoms with van der Waals surface area (Å²) in [5.74, 6) is 0. The molecule has 0 spiro atoms. The molecule has 0 bridgehead atoms. The molecular weight excluding hydrogens is 743 g/mol. The molecule has 2 heteroatoms. The molecule has 0 radical (unpaired) electrons. The highest BCUT2D eigenvalue weighted by Gasteiger charge is 2.23. The van der Waals surface area contributed by atoms with E-state index in [4.69, 9.17) is 0 Å². The molecule has 290 valence electrons. The normalized spacial score (nSPS) is 12.5. The Balaban J connectivity index is 1.08. The summed E-state index contributed by atoms with van der Waals surface area (Å²) in [4.78, 5) is 0. The zero-order valence-electron chi connectivity index (χ0n) is 35.1. The van der Waals surface area contributed by atoms with E-state index >= 15 is 0 Å². The Labute approximate surface area is 356 Å². The van der Waals surface area contributed by atoms with Crippen LogP contribution >= 0.6 is 11.3 Å². The van der Waals surface area contributed by atoms with Crippen molar-refractivity contribution in [2.75, 3.05) is 0 Å². The Kier molecular flexibility index (Phi) is 8.25. The molecule has 1 nitrogen and oxygen atoms in total. The third-order valence-corrected chi connectivity index (χ3v) is 13.9. The summed E-state index contributed by atoms with van der Waals surface area (Å²) >= 11 is 1.93. The number of fused-ring (bicyclic) bond motifs is 8. The minimum atomic E-state index is 0.00757. The Morgan fingerprint density at radius 2 is 0.883 bits per heavy atom. The summed E-state index contributed by atoms with van der Waals surface area (Å²) in [5, 5.41) is 10.3. The number of thiophene rings is 1. The van der Waals surface area contributed by atoms with Crippen LogP contribution < -0.4 is 0 Å². The molecule has 0 N–H and O–H groups in total. The molecule has 2 aromatic heterocycles. The fourth-order valence-corrected chi connectivity index (χ4v) is 10.7. The third-order valence-electron chi connectivity index (χ3n) is 12.7. The van der Waals surface area contributed by atoms with E-state index in [2.05, 4.69) is 222 Å². The van der Waals surface area contributed by atoms with Gasteiger partial charge in [-0.15, -0.1) is 11.3 Å². The quantitative estimate of drug-likeness (QED) is 0.157. The summed E-state index contributed by atoms with van der Waals surface area (Å²) in [7, 11) is 0. The zero-order valence-corrected chi connectivity index (χ0v) is 35.9. The first-order valence-electron chi connectivity index (χ1n) is 21.2. The summed E-state index contributed by atoms with van der Waals surface area (Å²) in [6.45, 7) is 13.9. The van der Waals surface area contributed by atoms with Crippen molar-refractivity contribution in [1.82, 2.24) is 4.57 Å². The van der Waals surface area contributed by atoms with Gasteiger partial charge in [0.25, 0.3) is 0 Å². The number of nitrogens with zero attached hydrogens (tertiary/aromatic N) is 1. The first-order valence-corrected chi connectivity index (χ1v) is 22.0. The van der Waals surface area contributed by atoms with Gasteiger partial charge in [0, 0.05) is 36.6 Å². The molecule has 0 saturated carbocycles. The number of benzene rings is 9. The highest BCUT2D eigenvalue weighted by atomic mass is 32.1. The molecule has 0 aliphatic rings. The van der Waals surface area contributed by atoms with Gasteiger partial charge in [-0.2, -0.15) is 0 Å². The van der Waals surface area contributed by atoms with Gasteiger partial charge >= 0.3 is 0 Å². The van der Waals surface area contributed by atoms with Crippen LogP contribution in [0.5, 0.6) is 0 Å². The molecule has 0 fully saturated rings. The van der Waals surface area contributed by atoms with Gasteiger partial charge in [-0.05, 0) is 131 Å². The lowest BCUT2D eigenvalue weighted by molar-refractivity contribution is 0.590. The van der Waals surface area contributed by atoms with Crippen LogP contribution in [-0.2, 0) is 10.8 Å². The number of hydrogen-bond acceptors (Lipinski definition) is 1. The predicted octanol–water partition coefficient (Wildman–Crippen LogP) is 17.1. The molecule has 11 aromatic rings. The van der Waals surface area contributed by atoms with E-state index < -0.39 is 0 Å². The molecular formula is C58H47NS. The van der Waals surface area contributed by atoms with Crippen LogP contribution in [0.25, 0.3) is 103 Å². The standard InChI is InChI=1S/C58H47NS/c1-57(2,3)39-27-31-53-49(33-39)50-35-40(58(4,5)6)34-47(56(50)60-53)38-26-30-52-48(32-38)42-18-14-15-23-51(42)59(52)41-28-24-37(25-29-41)55-45-21-12-10-19-43(45)54(36-16-8-7-9-17-36)44-20-11-13-22-46(44)55/h7-35H,1-6H3. The van der Waals surface area contributed by atoms with Gasteiger partial charge in [-0.1, -0.05) is 163 Å².